The van der Waals surface area contributed by atoms with Crippen molar-refractivity contribution in [3.8, 4) is 0 Å². The normalized spacial score (nSPS) is 25.0. The number of aryl methyl sites for hydroxylation is 1. The van der Waals surface area contributed by atoms with Crippen molar-refractivity contribution in [2.24, 2.45) is 5.73 Å². The molecule has 2 aliphatic heterocycles. The van der Waals surface area contributed by atoms with E-state index in [1.54, 1.807) is 0 Å². The molecule has 5 rings (SSSR count). The summed E-state index contributed by atoms with van der Waals surface area (Å²) in [6.07, 6.45) is 0.0710. The second-order valence-corrected chi connectivity index (χ2v) is 10.7. The van der Waals surface area contributed by atoms with Gasteiger partial charge in [0.1, 0.15) is 11.9 Å². The Morgan fingerprint density at radius 3 is 2.27 bits per heavy atom. The van der Waals surface area contributed by atoms with Crippen LogP contribution < -0.4 is 11.1 Å². The van der Waals surface area contributed by atoms with Gasteiger partial charge in [0.15, 0.2) is 0 Å². The standard InChI is InChI=1S/C28H31F4N3O2/c29-23-14-18(28(30,31)32)7-10-22(23)27(12-13-27)26(37)34-24(11-6-17-4-2-1-3-5-17)25(36)35-20-8-9-21(35)16-19(33)15-20/h1-5,7,10,14,19-21,24H,6,8-9,11-13,15-16,33H2,(H,34,37)/t19?,20?,21?,24-/m0/s1. The van der Waals surface area contributed by atoms with Crippen molar-refractivity contribution in [2.75, 3.05) is 0 Å². The van der Waals surface area contributed by atoms with Crippen LogP contribution in [0.3, 0.4) is 0 Å². The highest BCUT2D eigenvalue weighted by molar-refractivity contribution is 5.95. The Hall–Kier alpha value is -2.94. The molecule has 3 aliphatic rings. The van der Waals surface area contributed by atoms with Gasteiger partial charge in [-0.25, -0.2) is 4.39 Å². The molecule has 2 unspecified atom stereocenters. The van der Waals surface area contributed by atoms with Crippen molar-refractivity contribution in [3.63, 3.8) is 0 Å². The van der Waals surface area contributed by atoms with E-state index < -0.39 is 34.9 Å². The summed E-state index contributed by atoms with van der Waals surface area (Å²) in [5.74, 6) is -1.73. The molecule has 0 spiro atoms. The fourth-order valence-electron chi connectivity index (χ4n) is 6.09. The van der Waals surface area contributed by atoms with Gasteiger partial charge in [0, 0.05) is 23.7 Å². The van der Waals surface area contributed by atoms with Gasteiger partial charge in [0.05, 0.1) is 11.0 Å². The van der Waals surface area contributed by atoms with Gasteiger partial charge in [-0.1, -0.05) is 36.4 Å². The first-order chi connectivity index (χ1) is 17.6. The number of carbonyl (C=O) groups is 2. The molecule has 9 heteroatoms. The van der Waals surface area contributed by atoms with Crippen LogP contribution in [-0.4, -0.2) is 40.9 Å². The average molecular weight is 518 g/mol. The average Bonchev–Trinajstić information content (AvgIpc) is 3.61. The minimum atomic E-state index is -4.68. The van der Waals surface area contributed by atoms with Crippen LogP contribution in [0.1, 0.15) is 61.6 Å². The molecule has 2 aromatic rings. The Balaban J connectivity index is 1.37. The van der Waals surface area contributed by atoms with E-state index >= 15 is 0 Å². The van der Waals surface area contributed by atoms with Gasteiger partial charge in [-0.15, -0.1) is 0 Å². The fourth-order valence-corrected chi connectivity index (χ4v) is 6.09. The van der Waals surface area contributed by atoms with E-state index in [-0.39, 0.29) is 29.6 Å². The summed E-state index contributed by atoms with van der Waals surface area (Å²) >= 11 is 0. The number of rotatable bonds is 7. The highest BCUT2D eigenvalue weighted by Gasteiger charge is 2.54. The van der Waals surface area contributed by atoms with E-state index in [1.165, 1.54) is 0 Å². The second-order valence-electron chi connectivity index (χ2n) is 10.7. The highest BCUT2D eigenvalue weighted by atomic mass is 19.4. The molecule has 3 fully saturated rings. The van der Waals surface area contributed by atoms with Gasteiger partial charge in [-0.3, -0.25) is 9.59 Å². The first-order valence-electron chi connectivity index (χ1n) is 12.9. The van der Waals surface area contributed by atoms with Crippen molar-refractivity contribution in [2.45, 2.75) is 87.1 Å². The molecular weight excluding hydrogens is 486 g/mol. The summed E-state index contributed by atoms with van der Waals surface area (Å²) < 4.78 is 53.9. The summed E-state index contributed by atoms with van der Waals surface area (Å²) in [7, 11) is 0. The molecule has 1 saturated carbocycles. The number of carbonyl (C=O) groups excluding carboxylic acids is 2. The number of hydrogen-bond acceptors (Lipinski definition) is 3. The van der Waals surface area contributed by atoms with Gasteiger partial charge in [0.25, 0.3) is 0 Å². The Morgan fingerprint density at radius 2 is 1.70 bits per heavy atom. The summed E-state index contributed by atoms with van der Waals surface area (Å²) in [5.41, 5.74) is 4.78. The van der Waals surface area contributed by atoms with Crippen LogP contribution >= 0.6 is 0 Å². The number of benzene rings is 2. The van der Waals surface area contributed by atoms with Crippen molar-refractivity contribution in [1.82, 2.24) is 10.2 Å². The van der Waals surface area contributed by atoms with Crippen molar-refractivity contribution in [3.05, 3.63) is 71.0 Å². The van der Waals surface area contributed by atoms with E-state index in [2.05, 4.69) is 5.32 Å². The third-order valence-electron chi connectivity index (χ3n) is 8.19. The Kier molecular flexibility index (Phi) is 6.77. The zero-order valence-electron chi connectivity index (χ0n) is 20.4. The predicted octanol–water partition coefficient (Wildman–Crippen LogP) is 4.47. The second kappa shape index (κ2) is 9.74. The molecular formula is C28H31F4N3O2. The van der Waals surface area contributed by atoms with E-state index in [1.807, 2.05) is 35.2 Å². The van der Waals surface area contributed by atoms with Crippen LogP contribution in [0.2, 0.25) is 0 Å². The number of nitrogens with one attached hydrogen (secondary N) is 1. The number of hydrogen-bond donors (Lipinski definition) is 2. The number of halogens is 4. The monoisotopic (exact) mass is 517 g/mol. The number of amides is 2. The van der Waals surface area contributed by atoms with Crippen LogP contribution in [0.25, 0.3) is 0 Å². The van der Waals surface area contributed by atoms with E-state index in [0.717, 1.165) is 43.4 Å². The summed E-state index contributed by atoms with van der Waals surface area (Å²) in [6.45, 7) is 0. The Labute approximate surface area is 213 Å². The maximum Gasteiger partial charge on any atom is 0.416 e. The molecule has 3 atom stereocenters. The molecule has 5 nitrogen and oxygen atoms in total. The maximum absolute atomic E-state index is 14.8. The topological polar surface area (TPSA) is 75.4 Å². The van der Waals surface area contributed by atoms with Gasteiger partial charge < -0.3 is 16.0 Å². The van der Waals surface area contributed by atoms with Gasteiger partial charge in [-0.2, -0.15) is 13.2 Å². The lowest BCUT2D eigenvalue weighted by Gasteiger charge is -2.40. The number of fused-ring (bicyclic) bond motifs is 2. The summed E-state index contributed by atoms with van der Waals surface area (Å²) in [6, 6.07) is 11.2. The summed E-state index contributed by atoms with van der Waals surface area (Å²) in [4.78, 5) is 29.2. The number of nitrogens with zero attached hydrogens (tertiary/aromatic N) is 1. The number of alkyl halides is 3. The van der Waals surface area contributed by atoms with Crippen LogP contribution in [0.5, 0.6) is 0 Å². The lowest BCUT2D eigenvalue weighted by atomic mass is 9.92. The quantitative estimate of drug-likeness (QED) is 0.532. The maximum atomic E-state index is 14.8. The van der Waals surface area contributed by atoms with Crippen LogP contribution in [-0.2, 0) is 27.6 Å². The largest absolute Gasteiger partial charge is 0.416 e. The van der Waals surface area contributed by atoms with Crippen LogP contribution in [0.4, 0.5) is 17.6 Å². The van der Waals surface area contributed by atoms with Crippen LogP contribution in [0, 0.1) is 5.82 Å². The third-order valence-corrected chi connectivity index (χ3v) is 8.19. The SMILES string of the molecule is NC1CC2CCC(C1)N2C(=O)[C@H](CCc1ccccc1)NC(=O)C1(c2ccc(C(F)(F)F)cc2F)CC1. The molecule has 3 N–H and O–H groups in total. The Bertz CT molecular complexity index is 1150. The zero-order chi connectivity index (χ0) is 26.4. The lowest BCUT2D eigenvalue weighted by Crippen LogP contribution is -2.57. The number of nitrogens with two attached hydrogens (primary N) is 1. The molecule has 2 amide bonds. The van der Waals surface area contributed by atoms with E-state index in [9.17, 15) is 27.2 Å². The first kappa shape index (κ1) is 25.7. The van der Waals surface area contributed by atoms with Gasteiger partial charge in [0.2, 0.25) is 11.8 Å². The minimum absolute atomic E-state index is 0.0413. The number of piperidine rings is 1. The van der Waals surface area contributed by atoms with E-state index in [4.69, 9.17) is 5.73 Å². The molecule has 2 heterocycles. The molecule has 198 valence electrons. The summed E-state index contributed by atoms with van der Waals surface area (Å²) in [5, 5.41) is 2.89. The van der Waals surface area contributed by atoms with E-state index in [0.29, 0.717) is 31.7 Å². The molecule has 1 aliphatic carbocycles. The minimum Gasteiger partial charge on any atom is -0.344 e. The van der Waals surface area contributed by atoms with Crippen molar-refractivity contribution >= 4 is 11.8 Å². The fraction of sp³-hybridized carbons (Fsp3) is 0.500. The first-order valence-corrected chi connectivity index (χ1v) is 12.9. The Morgan fingerprint density at radius 1 is 1.05 bits per heavy atom. The van der Waals surface area contributed by atoms with Gasteiger partial charge in [-0.05, 0) is 69.1 Å². The zero-order valence-corrected chi connectivity index (χ0v) is 20.4. The van der Waals surface area contributed by atoms with Crippen molar-refractivity contribution in [1.29, 1.82) is 0 Å². The van der Waals surface area contributed by atoms with Crippen LogP contribution in [0.15, 0.2) is 48.5 Å². The third kappa shape index (κ3) is 5.10. The molecule has 2 aromatic carbocycles. The highest BCUT2D eigenvalue weighted by Crippen LogP contribution is 2.50. The molecule has 0 aromatic heterocycles. The predicted molar refractivity (Wildman–Crippen MR) is 130 cm³/mol. The molecule has 0 radical (unpaired) electrons. The smallest absolute Gasteiger partial charge is 0.344 e. The lowest BCUT2D eigenvalue weighted by molar-refractivity contribution is -0.141. The van der Waals surface area contributed by atoms with Gasteiger partial charge >= 0.3 is 6.18 Å². The van der Waals surface area contributed by atoms with Crippen molar-refractivity contribution < 1.29 is 27.2 Å². The molecule has 37 heavy (non-hydrogen) atoms. The molecule has 2 bridgehead atoms. The molecule has 2 saturated heterocycles.